The normalized spacial score (nSPS) is 12.4. The van der Waals surface area contributed by atoms with Gasteiger partial charge in [0.15, 0.2) is 0 Å². The van der Waals surface area contributed by atoms with Crippen LogP contribution in [0.1, 0.15) is 6.42 Å². The maximum atomic E-state index is 10.2. The first kappa shape index (κ1) is 10.5. The van der Waals surface area contributed by atoms with Crippen molar-refractivity contribution in [1.82, 2.24) is 9.78 Å². The molecule has 0 saturated carbocycles. The Hall–Kier alpha value is -1.56. The highest BCUT2D eigenvalue weighted by atomic mass is 16.4. The minimum atomic E-state index is -1.01. The molecule has 0 aromatic carbocycles. The number of nitrogens with zero attached hydrogens (tertiary/aromatic N) is 2. The summed E-state index contributed by atoms with van der Waals surface area (Å²) in [7, 11) is 1.78. The summed E-state index contributed by atoms with van der Waals surface area (Å²) in [6.45, 7) is 0.206. The quantitative estimate of drug-likeness (QED) is 0.604. The molecule has 1 aromatic rings. The fourth-order valence-corrected chi connectivity index (χ4v) is 1.02. The number of nitrogens with one attached hydrogen (secondary N) is 1. The number of hydrogen-bond acceptors (Lipinski definition) is 4. The van der Waals surface area contributed by atoms with E-state index in [0.717, 1.165) is 5.69 Å². The first-order valence-corrected chi connectivity index (χ1v) is 4.20. The van der Waals surface area contributed by atoms with E-state index in [-0.39, 0.29) is 13.0 Å². The molecule has 3 N–H and O–H groups in total. The maximum absolute atomic E-state index is 10.2. The van der Waals surface area contributed by atoms with E-state index in [1.807, 2.05) is 0 Å². The summed E-state index contributed by atoms with van der Waals surface area (Å²) in [5.41, 5.74) is 0.761. The molecule has 0 fully saturated rings. The van der Waals surface area contributed by atoms with Crippen molar-refractivity contribution in [2.45, 2.75) is 12.5 Å². The SMILES string of the molecule is Cn1cc(NCC(O)CC(=O)O)cn1. The van der Waals surface area contributed by atoms with Crippen molar-refractivity contribution < 1.29 is 15.0 Å². The van der Waals surface area contributed by atoms with Crippen LogP contribution in [0, 0.1) is 0 Å². The molecule has 1 unspecified atom stereocenters. The molecule has 0 radical (unpaired) electrons. The van der Waals surface area contributed by atoms with Gasteiger partial charge in [-0.15, -0.1) is 0 Å². The van der Waals surface area contributed by atoms with Crippen LogP contribution < -0.4 is 5.32 Å². The highest BCUT2D eigenvalue weighted by Crippen LogP contribution is 2.03. The smallest absolute Gasteiger partial charge is 0.306 e. The standard InChI is InChI=1S/C8H13N3O3/c1-11-5-6(3-10-11)9-4-7(12)2-8(13)14/h3,5,7,9,12H,2,4H2,1H3,(H,13,14). The number of carboxylic acid groups (broad SMARTS) is 1. The van der Waals surface area contributed by atoms with Crippen molar-refractivity contribution in [2.24, 2.45) is 7.05 Å². The first-order valence-electron chi connectivity index (χ1n) is 4.20. The van der Waals surface area contributed by atoms with Crippen LogP contribution in [-0.2, 0) is 11.8 Å². The van der Waals surface area contributed by atoms with E-state index in [4.69, 9.17) is 5.11 Å². The van der Waals surface area contributed by atoms with Gasteiger partial charge in [0.25, 0.3) is 0 Å². The maximum Gasteiger partial charge on any atom is 0.306 e. The highest BCUT2D eigenvalue weighted by Gasteiger charge is 2.08. The van der Waals surface area contributed by atoms with Gasteiger partial charge in [0.2, 0.25) is 0 Å². The Kier molecular flexibility index (Phi) is 3.47. The lowest BCUT2D eigenvalue weighted by atomic mass is 10.2. The van der Waals surface area contributed by atoms with E-state index in [0.29, 0.717) is 0 Å². The Morgan fingerprint density at radius 2 is 2.50 bits per heavy atom. The summed E-state index contributed by atoms with van der Waals surface area (Å²) in [5, 5.41) is 24.4. The number of rotatable bonds is 5. The molecule has 0 amide bonds. The number of carboxylic acids is 1. The average Bonchev–Trinajstić information content (AvgIpc) is 2.47. The molecule has 0 bridgehead atoms. The van der Waals surface area contributed by atoms with Crippen LogP contribution in [0.4, 0.5) is 5.69 Å². The van der Waals surface area contributed by atoms with E-state index in [2.05, 4.69) is 10.4 Å². The van der Waals surface area contributed by atoms with Gasteiger partial charge < -0.3 is 15.5 Å². The van der Waals surface area contributed by atoms with Crippen molar-refractivity contribution in [3.8, 4) is 0 Å². The number of carbonyl (C=O) groups is 1. The van der Waals surface area contributed by atoms with Crippen LogP contribution in [0.2, 0.25) is 0 Å². The second-order valence-corrected chi connectivity index (χ2v) is 3.04. The minimum absolute atomic E-state index is 0.206. The Labute approximate surface area is 81.2 Å². The van der Waals surface area contributed by atoms with Crippen molar-refractivity contribution >= 4 is 11.7 Å². The predicted molar refractivity (Wildman–Crippen MR) is 50.0 cm³/mol. The molecule has 78 valence electrons. The van der Waals surface area contributed by atoms with Gasteiger partial charge in [-0.25, -0.2) is 0 Å². The molecule has 1 heterocycles. The lowest BCUT2D eigenvalue weighted by molar-refractivity contribution is -0.138. The van der Waals surface area contributed by atoms with Crippen molar-refractivity contribution in [1.29, 1.82) is 0 Å². The number of anilines is 1. The fraction of sp³-hybridized carbons (Fsp3) is 0.500. The summed E-state index contributed by atoms with van der Waals surface area (Å²) < 4.78 is 1.62. The van der Waals surface area contributed by atoms with Gasteiger partial charge in [-0.05, 0) is 0 Å². The Balaban J connectivity index is 2.30. The Morgan fingerprint density at radius 1 is 1.79 bits per heavy atom. The number of aliphatic hydroxyl groups excluding tert-OH is 1. The third kappa shape index (κ3) is 3.44. The fourth-order valence-electron chi connectivity index (χ4n) is 1.02. The lowest BCUT2D eigenvalue weighted by Crippen LogP contribution is -2.22. The molecule has 1 rings (SSSR count). The largest absolute Gasteiger partial charge is 0.481 e. The number of aliphatic hydroxyl groups is 1. The predicted octanol–water partition coefficient (Wildman–Crippen LogP) is -0.332. The summed E-state index contributed by atoms with van der Waals surface area (Å²) in [6, 6.07) is 0. The van der Waals surface area contributed by atoms with Gasteiger partial charge in [-0.2, -0.15) is 5.10 Å². The zero-order chi connectivity index (χ0) is 10.6. The third-order valence-corrected chi connectivity index (χ3v) is 1.66. The topological polar surface area (TPSA) is 87.4 Å². The van der Waals surface area contributed by atoms with E-state index >= 15 is 0 Å². The average molecular weight is 199 g/mol. The van der Waals surface area contributed by atoms with Gasteiger partial charge >= 0.3 is 5.97 Å². The van der Waals surface area contributed by atoms with E-state index < -0.39 is 12.1 Å². The molecular weight excluding hydrogens is 186 g/mol. The zero-order valence-corrected chi connectivity index (χ0v) is 7.84. The van der Waals surface area contributed by atoms with Gasteiger partial charge in [-0.1, -0.05) is 0 Å². The van der Waals surface area contributed by atoms with Gasteiger partial charge in [0, 0.05) is 19.8 Å². The molecule has 6 nitrogen and oxygen atoms in total. The Morgan fingerprint density at radius 3 is 3.00 bits per heavy atom. The van der Waals surface area contributed by atoms with Gasteiger partial charge in [0.05, 0.1) is 24.4 Å². The van der Waals surface area contributed by atoms with Gasteiger partial charge in [-0.3, -0.25) is 9.48 Å². The van der Waals surface area contributed by atoms with Crippen molar-refractivity contribution in [3.05, 3.63) is 12.4 Å². The zero-order valence-electron chi connectivity index (χ0n) is 7.84. The molecule has 14 heavy (non-hydrogen) atoms. The van der Waals surface area contributed by atoms with E-state index in [1.165, 1.54) is 0 Å². The molecule has 0 spiro atoms. The molecule has 6 heteroatoms. The summed E-state index contributed by atoms with van der Waals surface area (Å²) in [5.74, 6) is -1.01. The molecule has 0 aliphatic rings. The molecular formula is C8H13N3O3. The van der Waals surface area contributed by atoms with Crippen LogP contribution in [0.5, 0.6) is 0 Å². The lowest BCUT2D eigenvalue weighted by Gasteiger charge is -2.08. The minimum Gasteiger partial charge on any atom is -0.481 e. The number of aryl methyl sites for hydroxylation is 1. The van der Waals surface area contributed by atoms with Gasteiger partial charge in [0.1, 0.15) is 0 Å². The second kappa shape index (κ2) is 4.61. The van der Waals surface area contributed by atoms with Crippen LogP contribution in [-0.4, -0.2) is 38.6 Å². The number of hydrogen-bond donors (Lipinski definition) is 3. The van der Waals surface area contributed by atoms with Crippen LogP contribution in [0.15, 0.2) is 12.4 Å². The number of aromatic nitrogens is 2. The number of aliphatic carboxylic acids is 1. The third-order valence-electron chi connectivity index (χ3n) is 1.66. The monoisotopic (exact) mass is 199 g/mol. The Bertz CT molecular complexity index is 311. The molecule has 0 aliphatic carbocycles. The first-order chi connectivity index (χ1) is 6.58. The summed E-state index contributed by atoms with van der Waals surface area (Å²) in [6.07, 6.45) is 2.21. The van der Waals surface area contributed by atoms with Crippen molar-refractivity contribution in [2.75, 3.05) is 11.9 Å². The molecule has 0 saturated heterocycles. The van der Waals surface area contributed by atoms with E-state index in [1.54, 1.807) is 24.1 Å². The van der Waals surface area contributed by atoms with Crippen LogP contribution >= 0.6 is 0 Å². The van der Waals surface area contributed by atoms with Crippen molar-refractivity contribution in [3.63, 3.8) is 0 Å². The summed E-state index contributed by atoms with van der Waals surface area (Å²) >= 11 is 0. The summed E-state index contributed by atoms with van der Waals surface area (Å²) in [4.78, 5) is 10.2. The van der Waals surface area contributed by atoms with E-state index in [9.17, 15) is 9.90 Å². The molecule has 1 aromatic heterocycles. The molecule has 1 atom stereocenters. The second-order valence-electron chi connectivity index (χ2n) is 3.04. The van der Waals surface area contributed by atoms with Crippen LogP contribution in [0.25, 0.3) is 0 Å². The highest BCUT2D eigenvalue weighted by molar-refractivity contribution is 5.67. The molecule has 0 aliphatic heterocycles. The van der Waals surface area contributed by atoms with Crippen LogP contribution in [0.3, 0.4) is 0 Å².